The fourth-order valence-corrected chi connectivity index (χ4v) is 3.43. The third kappa shape index (κ3) is 3.56. The predicted molar refractivity (Wildman–Crippen MR) is 93.6 cm³/mol. The van der Waals surface area contributed by atoms with E-state index in [4.69, 9.17) is 9.47 Å². The Hall–Kier alpha value is -2.41. The van der Waals surface area contributed by atoms with Crippen molar-refractivity contribution in [3.8, 4) is 11.5 Å². The Morgan fingerprint density at radius 2 is 1.62 bits per heavy atom. The number of sulfonamides is 1. The Balaban J connectivity index is 1.83. The van der Waals surface area contributed by atoms with E-state index in [2.05, 4.69) is 4.72 Å². The predicted octanol–water partition coefficient (Wildman–Crippen LogP) is 2.71. The van der Waals surface area contributed by atoms with Crippen LogP contribution in [0.15, 0.2) is 47.4 Å². The quantitative estimate of drug-likeness (QED) is 0.920. The second-order valence-electron chi connectivity index (χ2n) is 5.71. The first-order valence-corrected chi connectivity index (χ1v) is 9.14. The van der Waals surface area contributed by atoms with Crippen LogP contribution in [0.5, 0.6) is 11.5 Å². The molecule has 1 aliphatic rings. The number of hydrogen-bond donors (Lipinski definition) is 1. The molecule has 3 rings (SSSR count). The maximum Gasteiger partial charge on any atom is 0.262 e. The highest BCUT2D eigenvalue weighted by molar-refractivity contribution is 7.92. The zero-order valence-corrected chi connectivity index (χ0v) is 14.5. The minimum absolute atomic E-state index is 0.142. The first kappa shape index (κ1) is 16.4. The molecule has 0 atom stereocenters. The summed E-state index contributed by atoms with van der Waals surface area (Å²) in [5, 5.41) is 0. The molecule has 7 heteroatoms. The van der Waals surface area contributed by atoms with Crippen molar-refractivity contribution < 1.29 is 17.9 Å². The number of fused-ring (bicyclic) bond motifs is 1. The minimum Gasteiger partial charge on any atom is -0.490 e. The van der Waals surface area contributed by atoms with E-state index in [1.807, 2.05) is 31.1 Å². The van der Waals surface area contributed by atoms with Crippen molar-refractivity contribution >= 4 is 21.4 Å². The fraction of sp³-hybridized carbons (Fsp3) is 0.294. The molecule has 128 valence electrons. The molecule has 0 unspecified atom stereocenters. The number of nitrogens with zero attached hydrogens (tertiary/aromatic N) is 1. The molecule has 24 heavy (non-hydrogen) atoms. The van der Waals surface area contributed by atoms with Crippen LogP contribution in [0.4, 0.5) is 11.4 Å². The minimum atomic E-state index is -3.69. The molecule has 2 aromatic carbocycles. The fourth-order valence-electron chi connectivity index (χ4n) is 2.35. The lowest BCUT2D eigenvalue weighted by molar-refractivity contribution is 0.297. The van der Waals surface area contributed by atoms with E-state index in [0.29, 0.717) is 30.4 Å². The lowest BCUT2D eigenvalue weighted by atomic mass is 10.3. The topological polar surface area (TPSA) is 67.9 Å². The van der Waals surface area contributed by atoms with Crippen molar-refractivity contribution in [1.29, 1.82) is 0 Å². The van der Waals surface area contributed by atoms with Gasteiger partial charge in [0.1, 0.15) is 0 Å². The van der Waals surface area contributed by atoms with E-state index >= 15 is 0 Å². The van der Waals surface area contributed by atoms with Gasteiger partial charge in [0.05, 0.1) is 18.1 Å². The van der Waals surface area contributed by atoms with Crippen LogP contribution in [-0.4, -0.2) is 35.7 Å². The molecule has 0 bridgehead atoms. The van der Waals surface area contributed by atoms with E-state index in [1.54, 1.807) is 18.2 Å². The average Bonchev–Trinajstić information content (AvgIpc) is 2.79. The van der Waals surface area contributed by atoms with Crippen LogP contribution >= 0.6 is 0 Å². The summed E-state index contributed by atoms with van der Waals surface area (Å²) in [4.78, 5) is 2.09. The highest BCUT2D eigenvalue weighted by atomic mass is 32.2. The van der Waals surface area contributed by atoms with Crippen LogP contribution < -0.4 is 19.1 Å². The molecule has 0 fully saturated rings. The molecule has 0 aromatic heterocycles. The molecule has 0 saturated heterocycles. The van der Waals surface area contributed by atoms with E-state index < -0.39 is 10.0 Å². The molecular weight excluding hydrogens is 328 g/mol. The zero-order valence-electron chi connectivity index (χ0n) is 13.7. The first-order valence-electron chi connectivity index (χ1n) is 7.65. The monoisotopic (exact) mass is 348 g/mol. The van der Waals surface area contributed by atoms with Gasteiger partial charge in [0, 0.05) is 38.0 Å². The Bertz CT molecular complexity index is 817. The van der Waals surface area contributed by atoms with Crippen molar-refractivity contribution in [3.63, 3.8) is 0 Å². The molecule has 0 spiro atoms. The lowest BCUT2D eigenvalue weighted by Gasteiger charge is -2.14. The van der Waals surface area contributed by atoms with Gasteiger partial charge in [-0.05, 0) is 36.4 Å². The van der Waals surface area contributed by atoms with Gasteiger partial charge >= 0.3 is 0 Å². The van der Waals surface area contributed by atoms with Gasteiger partial charge in [0.2, 0.25) is 0 Å². The summed E-state index contributed by atoms with van der Waals surface area (Å²) in [6.07, 6.45) is 0.771. The van der Waals surface area contributed by atoms with Crippen LogP contribution in [0, 0.1) is 0 Å². The van der Waals surface area contributed by atoms with Gasteiger partial charge in [0.15, 0.2) is 11.5 Å². The molecule has 1 aliphatic heterocycles. The highest BCUT2D eigenvalue weighted by Crippen LogP contribution is 2.32. The van der Waals surface area contributed by atoms with E-state index in [0.717, 1.165) is 12.1 Å². The van der Waals surface area contributed by atoms with Crippen molar-refractivity contribution in [2.24, 2.45) is 0 Å². The number of anilines is 2. The summed E-state index contributed by atoms with van der Waals surface area (Å²) < 4.78 is 38.8. The van der Waals surface area contributed by atoms with E-state index in [1.165, 1.54) is 12.1 Å². The van der Waals surface area contributed by atoms with Gasteiger partial charge in [-0.2, -0.15) is 0 Å². The standard InChI is InChI=1S/C17H20N2O4S/c1-19(2)14-6-4-13(5-7-14)18-24(20,21)15-8-9-16-17(12-15)23-11-3-10-22-16/h4-9,12,18H,3,10-11H2,1-2H3. The number of ether oxygens (including phenoxy) is 2. The Kier molecular flexibility index (Phi) is 4.53. The summed E-state index contributed by atoms with van der Waals surface area (Å²) >= 11 is 0. The van der Waals surface area contributed by atoms with Crippen LogP contribution in [0.3, 0.4) is 0 Å². The third-order valence-corrected chi connectivity index (χ3v) is 5.04. The second kappa shape index (κ2) is 6.60. The van der Waals surface area contributed by atoms with Crippen molar-refractivity contribution in [1.82, 2.24) is 0 Å². The zero-order chi connectivity index (χ0) is 17.2. The number of hydrogen-bond acceptors (Lipinski definition) is 5. The molecule has 0 saturated carbocycles. The van der Waals surface area contributed by atoms with Crippen LogP contribution in [0.1, 0.15) is 6.42 Å². The summed E-state index contributed by atoms with van der Waals surface area (Å²) in [5.41, 5.74) is 1.50. The molecule has 1 heterocycles. The maximum absolute atomic E-state index is 12.6. The molecule has 0 radical (unpaired) electrons. The van der Waals surface area contributed by atoms with Gasteiger partial charge < -0.3 is 14.4 Å². The number of benzene rings is 2. The normalized spacial score (nSPS) is 13.9. The SMILES string of the molecule is CN(C)c1ccc(NS(=O)(=O)c2ccc3c(c2)OCCCO3)cc1. The third-order valence-electron chi connectivity index (χ3n) is 3.67. The lowest BCUT2D eigenvalue weighted by Crippen LogP contribution is -2.13. The van der Waals surface area contributed by atoms with E-state index in [-0.39, 0.29) is 4.90 Å². The summed E-state index contributed by atoms with van der Waals surface area (Å²) in [6.45, 7) is 1.07. The molecular formula is C17H20N2O4S. The summed E-state index contributed by atoms with van der Waals surface area (Å²) in [6, 6.07) is 11.8. The number of nitrogens with one attached hydrogen (secondary N) is 1. The van der Waals surface area contributed by atoms with Gasteiger partial charge in [-0.25, -0.2) is 8.42 Å². The van der Waals surface area contributed by atoms with Crippen molar-refractivity contribution in [2.75, 3.05) is 36.9 Å². The van der Waals surface area contributed by atoms with Crippen LogP contribution in [-0.2, 0) is 10.0 Å². The number of rotatable bonds is 4. The molecule has 1 N–H and O–H groups in total. The van der Waals surface area contributed by atoms with Crippen molar-refractivity contribution in [3.05, 3.63) is 42.5 Å². The van der Waals surface area contributed by atoms with E-state index in [9.17, 15) is 8.42 Å². The maximum atomic E-state index is 12.6. The Morgan fingerprint density at radius 3 is 2.29 bits per heavy atom. The smallest absolute Gasteiger partial charge is 0.262 e. The van der Waals surface area contributed by atoms with Crippen molar-refractivity contribution in [2.45, 2.75) is 11.3 Å². The average molecular weight is 348 g/mol. The van der Waals surface area contributed by atoms with Gasteiger partial charge in [0.25, 0.3) is 10.0 Å². The van der Waals surface area contributed by atoms with Gasteiger partial charge in [-0.15, -0.1) is 0 Å². The molecule has 6 nitrogen and oxygen atoms in total. The van der Waals surface area contributed by atoms with Gasteiger partial charge in [-0.1, -0.05) is 0 Å². The van der Waals surface area contributed by atoms with Gasteiger partial charge in [-0.3, -0.25) is 4.72 Å². The van der Waals surface area contributed by atoms with Crippen LogP contribution in [0.2, 0.25) is 0 Å². The molecule has 0 amide bonds. The first-order chi connectivity index (χ1) is 11.5. The largest absolute Gasteiger partial charge is 0.490 e. The Labute approximate surface area is 142 Å². The second-order valence-corrected chi connectivity index (χ2v) is 7.39. The molecule has 0 aliphatic carbocycles. The molecule has 2 aromatic rings. The Morgan fingerprint density at radius 1 is 0.958 bits per heavy atom. The van der Waals surface area contributed by atoms with Crippen LogP contribution in [0.25, 0.3) is 0 Å². The summed E-state index contributed by atoms with van der Waals surface area (Å²) in [5.74, 6) is 1.03. The summed E-state index contributed by atoms with van der Waals surface area (Å²) in [7, 11) is 0.164. The highest BCUT2D eigenvalue weighted by Gasteiger charge is 2.19.